The summed E-state index contributed by atoms with van der Waals surface area (Å²) in [6.07, 6.45) is 0. The zero-order chi connectivity index (χ0) is 19.8. The number of imide groups is 1. The molecule has 1 aliphatic rings. The van der Waals surface area contributed by atoms with Gasteiger partial charge in [0, 0.05) is 23.5 Å². The van der Waals surface area contributed by atoms with Crippen LogP contribution in [0.25, 0.3) is 21.3 Å². The molecular weight excluding hydrogens is 399 g/mol. The monoisotopic (exact) mass is 416 g/mol. The number of nitrogens with one attached hydrogen (secondary N) is 1. The summed E-state index contributed by atoms with van der Waals surface area (Å²) >= 11 is 2.58. The van der Waals surface area contributed by atoms with E-state index in [4.69, 9.17) is 0 Å². The van der Waals surface area contributed by atoms with Crippen LogP contribution < -0.4 is 5.32 Å². The number of halogens is 1. The minimum atomic E-state index is -0.288. The lowest BCUT2D eigenvalue weighted by atomic mass is 10.0. The predicted molar refractivity (Wildman–Crippen MR) is 110 cm³/mol. The number of nitrogens with zero attached hydrogens (tertiary/aromatic N) is 3. The van der Waals surface area contributed by atoms with Crippen molar-refractivity contribution in [2.45, 2.75) is 13.8 Å². The van der Waals surface area contributed by atoms with Crippen molar-refractivity contribution < 1.29 is 14.0 Å². The molecule has 0 aliphatic carbocycles. The van der Waals surface area contributed by atoms with E-state index < -0.39 is 0 Å². The van der Waals surface area contributed by atoms with E-state index in [2.05, 4.69) is 15.3 Å². The molecule has 2 aromatic heterocycles. The topological polar surface area (TPSA) is 75.2 Å². The van der Waals surface area contributed by atoms with E-state index in [-0.39, 0.29) is 29.3 Å². The van der Waals surface area contributed by atoms with Gasteiger partial charge in [-0.05, 0) is 31.5 Å². The minimum Gasteiger partial charge on any atom is -0.368 e. The van der Waals surface area contributed by atoms with E-state index in [9.17, 15) is 14.0 Å². The highest BCUT2D eigenvalue weighted by Crippen LogP contribution is 2.40. The number of anilines is 1. The molecule has 0 radical (unpaired) electrons. The maximum atomic E-state index is 13.4. The number of thiophene rings is 1. The molecule has 1 aliphatic heterocycles. The third-order valence-electron chi connectivity index (χ3n) is 4.44. The van der Waals surface area contributed by atoms with Gasteiger partial charge in [-0.25, -0.2) is 14.4 Å². The normalized spacial score (nSPS) is 14.3. The van der Waals surface area contributed by atoms with Crippen LogP contribution in [-0.2, 0) is 4.79 Å². The molecule has 1 aromatic carbocycles. The number of aromatic nitrogens is 2. The fourth-order valence-electron chi connectivity index (χ4n) is 3.19. The third kappa shape index (κ3) is 3.47. The van der Waals surface area contributed by atoms with Crippen molar-refractivity contribution >= 4 is 50.3 Å². The second kappa shape index (κ2) is 7.48. The average Bonchev–Trinajstić information content (AvgIpc) is 3.15. The molecule has 6 nitrogen and oxygen atoms in total. The van der Waals surface area contributed by atoms with Gasteiger partial charge in [-0.1, -0.05) is 23.9 Å². The first-order chi connectivity index (χ1) is 13.4. The first kappa shape index (κ1) is 18.8. The lowest BCUT2D eigenvalue weighted by Crippen LogP contribution is -2.33. The number of thioether (sulfide) groups is 1. The molecule has 0 saturated carbocycles. The van der Waals surface area contributed by atoms with E-state index in [0.29, 0.717) is 18.2 Å². The molecular formula is C19H17FN4O2S2. The summed E-state index contributed by atoms with van der Waals surface area (Å²) in [5.74, 6) is 1.03. The van der Waals surface area contributed by atoms with E-state index in [1.807, 2.05) is 13.8 Å². The number of amides is 2. The fourth-order valence-corrected chi connectivity index (χ4v) is 5.04. The van der Waals surface area contributed by atoms with E-state index in [1.165, 1.54) is 17.0 Å². The molecule has 1 N–H and O–H groups in total. The molecule has 0 bridgehead atoms. The van der Waals surface area contributed by atoms with Crippen LogP contribution in [-0.4, -0.2) is 44.9 Å². The Kier molecular flexibility index (Phi) is 5.03. The smallest absolute Gasteiger partial charge is 0.288 e. The number of carbonyl (C=O) groups is 2. The number of benzene rings is 1. The molecule has 4 rings (SSSR count). The van der Waals surface area contributed by atoms with Gasteiger partial charge in [-0.3, -0.25) is 14.5 Å². The van der Waals surface area contributed by atoms with E-state index in [0.717, 1.165) is 38.0 Å². The Labute approximate surface area is 169 Å². The summed E-state index contributed by atoms with van der Waals surface area (Å²) in [4.78, 5) is 35.8. The van der Waals surface area contributed by atoms with E-state index >= 15 is 0 Å². The summed E-state index contributed by atoms with van der Waals surface area (Å²) in [7, 11) is 0. The number of hydrogen-bond donors (Lipinski definition) is 1. The predicted octanol–water partition coefficient (Wildman–Crippen LogP) is 4.22. The quantitative estimate of drug-likeness (QED) is 0.671. The Bertz CT molecular complexity index is 1070. The van der Waals surface area contributed by atoms with Gasteiger partial charge in [-0.15, -0.1) is 11.3 Å². The summed E-state index contributed by atoms with van der Waals surface area (Å²) in [5, 5.41) is 3.91. The number of aryl methyl sites for hydroxylation is 2. The summed E-state index contributed by atoms with van der Waals surface area (Å²) in [5.41, 5.74) is 1.85. The molecule has 1 fully saturated rings. The standard InChI is InChI=1S/C19H17FN4O2S2/c1-10-15(12-3-5-13(20)6-4-12)16-17(22-11(2)23-18(16)28-10)21-7-8-24-14(25)9-27-19(24)26/h3-6H,7-9H2,1-2H3,(H,21,22,23). The maximum absolute atomic E-state index is 13.4. The summed E-state index contributed by atoms with van der Waals surface area (Å²) < 4.78 is 13.4. The molecule has 9 heteroatoms. The Balaban J connectivity index is 1.68. The fraction of sp³-hybridized carbons (Fsp3) is 0.263. The van der Waals surface area contributed by atoms with Crippen molar-refractivity contribution in [3.05, 3.63) is 40.8 Å². The Hall–Kier alpha value is -2.52. The van der Waals surface area contributed by atoms with Crippen molar-refractivity contribution in [2.24, 2.45) is 0 Å². The van der Waals surface area contributed by atoms with Gasteiger partial charge < -0.3 is 5.32 Å². The van der Waals surface area contributed by atoms with E-state index in [1.54, 1.807) is 23.5 Å². The number of carbonyl (C=O) groups excluding carboxylic acids is 2. The Morgan fingerprint density at radius 2 is 1.93 bits per heavy atom. The molecule has 3 heterocycles. The van der Waals surface area contributed by atoms with Crippen LogP contribution in [0, 0.1) is 19.7 Å². The zero-order valence-corrected chi connectivity index (χ0v) is 16.9. The van der Waals surface area contributed by atoms with Crippen LogP contribution in [0.3, 0.4) is 0 Å². The first-order valence-corrected chi connectivity index (χ1v) is 10.5. The first-order valence-electron chi connectivity index (χ1n) is 8.68. The number of fused-ring (bicyclic) bond motifs is 1. The van der Waals surface area contributed by atoms with Gasteiger partial charge in [0.25, 0.3) is 5.24 Å². The highest BCUT2D eigenvalue weighted by molar-refractivity contribution is 8.14. The number of rotatable bonds is 5. The van der Waals surface area contributed by atoms with Gasteiger partial charge >= 0.3 is 0 Å². The van der Waals surface area contributed by atoms with Gasteiger partial charge in [-0.2, -0.15) is 0 Å². The average molecular weight is 417 g/mol. The Morgan fingerprint density at radius 3 is 2.61 bits per heavy atom. The summed E-state index contributed by atoms with van der Waals surface area (Å²) in [6.45, 7) is 4.50. The van der Waals surface area contributed by atoms with Crippen molar-refractivity contribution in [3.63, 3.8) is 0 Å². The van der Waals surface area contributed by atoms with Gasteiger partial charge in [0.05, 0.1) is 11.1 Å². The molecule has 28 heavy (non-hydrogen) atoms. The number of hydrogen-bond acceptors (Lipinski definition) is 7. The highest BCUT2D eigenvalue weighted by Gasteiger charge is 2.29. The third-order valence-corrected chi connectivity index (χ3v) is 6.30. The van der Waals surface area contributed by atoms with Crippen LogP contribution in [0.5, 0.6) is 0 Å². The minimum absolute atomic E-state index is 0.167. The maximum Gasteiger partial charge on any atom is 0.288 e. The molecule has 1 saturated heterocycles. The zero-order valence-electron chi connectivity index (χ0n) is 15.3. The van der Waals surface area contributed by atoms with Crippen molar-refractivity contribution in [1.82, 2.24) is 14.9 Å². The van der Waals surface area contributed by atoms with Crippen LogP contribution in [0.2, 0.25) is 0 Å². The SMILES string of the molecule is Cc1nc(NCCN2C(=O)CSC2=O)c2c(-c3ccc(F)cc3)c(C)sc2n1. The molecule has 3 aromatic rings. The second-order valence-electron chi connectivity index (χ2n) is 6.37. The van der Waals surface area contributed by atoms with Crippen molar-refractivity contribution in [2.75, 3.05) is 24.2 Å². The summed E-state index contributed by atoms with van der Waals surface area (Å²) in [6, 6.07) is 6.35. The van der Waals surface area contributed by atoms with Gasteiger partial charge in [0.15, 0.2) is 0 Å². The van der Waals surface area contributed by atoms with Gasteiger partial charge in [0.1, 0.15) is 22.3 Å². The second-order valence-corrected chi connectivity index (χ2v) is 8.50. The van der Waals surface area contributed by atoms with Crippen molar-refractivity contribution in [1.29, 1.82) is 0 Å². The Morgan fingerprint density at radius 1 is 1.18 bits per heavy atom. The molecule has 2 amide bonds. The molecule has 0 unspecified atom stereocenters. The van der Waals surface area contributed by atoms with Gasteiger partial charge in [0.2, 0.25) is 5.91 Å². The molecule has 0 atom stereocenters. The molecule has 0 spiro atoms. The largest absolute Gasteiger partial charge is 0.368 e. The molecule has 144 valence electrons. The lowest BCUT2D eigenvalue weighted by molar-refractivity contribution is -0.124. The lowest BCUT2D eigenvalue weighted by Gasteiger charge is -2.14. The van der Waals surface area contributed by atoms with Crippen LogP contribution in [0.1, 0.15) is 10.7 Å². The van der Waals surface area contributed by atoms with Crippen LogP contribution >= 0.6 is 23.1 Å². The van der Waals surface area contributed by atoms with Crippen LogP contribution in [0.15, 0.2) is 24.3 Å². The van der Waals surface area contributed by atoms with Crippen LogP contribution in [0.4, 0.5) is 15.0 Å². The highest BCUT2D eigenvalue weighted by atomic mass is 32.2. The van der Waals surface area contributed by atoms with Crippen molar-refractivity contribution in [3.8, 4) is 11.1 Å².